The lowest BCUT2D eigenvalue weighted by molar-refractivity contribution is -0.127. The molecule has 2 aromatic rings. The molecule has 0 atom stereocenters. The molecule has 1 fully saturated rings. The molecule has 9 nitrogen and oxygen atoms in total. The van der Waals surface area contributed by atoms with Crippen LogP contribution < -0.4 is 24.3 Å². The molecule has 0 aliphatic carbocycles. The van der Waals surface area contributed by atoms with Crippen LogP contribution in [0.5, 0.6) is 23.0 Å². The monoisotopic (exact) mass is 548 g/mol. The van der Waals surface area contributed by atoms with E-state index >= 15 is 0 Å². The van der Waals surface area contributed by atoms with Crippen LogP contribution in [0.4, 0.5) is 10.5 Å². The number of carbonyl (C=O) groups excluding carboxylic acids is 3. The summed E-state index contributed by atoms with van der Waals surface area (Å²) in [5, 5.41) is 2.15. The van der Waals surface area contributed by atoms with Gasteiger partial charge in [-0.2, -0.15) is 0 Å². The van der Waals surface area contributed by atoms with Crippen LogP contribution >= 0.6 is 27.7 Å². The van der Waals surface area contributed by atoms with Crippen LogP contribution in [-0.4, -0.2) is 55.4 Å². The maximum absolute atomic E-state index is 12.9. The van der Waals surface area contributed by atoms with E-state index in [1.807, 2.05) is 6.92 Å². The van der Waals surface area contributed by atoms with Gasteiger partial charge >= 0.3 is 0 Å². The lowest BCUT2D eigenvalue weighted by Crippen LogP contribution is -2.36. The first-order valence-corrected chi connectivity index (χ1v) is 12.0. The van der Waals surface area contributed by atoms with Crippen molar-refractivity contribution in [3.63, 3.8) is 0 Å². The largest absolute Gasteiger partial charge is 0.493 e. The minimum absolute atomic E-state index is 0.198. The minimum atomic E-state index is -0.549. The topological polar surface area (TPSA) is 103 Å². The van der Waals surface area contributed by atoms with Crippen LogP contribution in [0.1, 0.15) is 12.5 Å². The van der Waals surface area contributed by atoms with E-state index in [4.69, 9.17) is 18.9 Å². The molecule has 4 rings (SSSR count). The van der Waals surface area contributed by atoms with Gasteiger partial charge in [0.25, 0.3) is 11.1 Å². The summed E-state index contributed by atoms with van der Waals surface area (Å²) < 4.78 is 22.5. The number of hydrogen-bond acceptors (Lipinski definition) is 8. The van der Waals surface area contributed by atoms with Gasteiger partial charge in [0.1, 0.15) is 19.8 Å². The number of nitrogens with one attached hydrogen (secondary N) is 1. The predicted octanol–water partition coefficient (Wildman–Crippen LogP) is 4.30. The van der Waals surface area contributed by atoms with Gasteiger partial charge in [0.05, 0.1) is 18.6 Å². The molecule has 2 aromatic carbocycles. The van der Waals surface area contributed by atoms with Gasteiger partial charge in [-0.25, -0.2) is 0 Å². The summed E-state index contributed by atoms with van der Waals surface area (Å²) in [5.74, 6) is 1.11. The summed E-state index contributed by atoms with van der Waals surface area (Å²) in [7, 11) is 1.52. The molecule has 0 unspecified atom stereocenters. The Morgan fingerprint density at radius 1 is 1.18 bits per heavy atom. The number of anilines is 1. The molecule has 34 heavy (non-hydrogen) atoms. The maximum Gasteiger partial charge on any atom is 0.294 e. The number of ether oxygens (including phenoxy) is 4. The highest BCUT2D eigenvalue weighted by atomic mass is 79.9. The van der Waals surface area contributed by atoms with Crippen molar-refractivity contribution in [2.24, 2.45) is 0 Å². The van der Waals surface area contributed by atoms with Crippen molar-refractivity contribution in [1.82, 2.24) is 4.90 Å². The standard InChI is InChI=1S/C23H21BrN2O7S/c1-3-31-19-11-15(24)13(8-17(19)30-2)9-20-22(28)26(23(29)34-20)12-21(27)25-14-4-5-16-18(10-14)33-7-6-32-16/h4-5,8-11H,3,6-7,12H2,1-2H3,(H,25,27)/b20-9-. The fourth-order valence-corrected chi connectivity index (χ4v) is 4.60. The van der Waals surface area contributed by atoms with Crippen molar-refractivity contribution < 1.29 is 33.3 Å². The molecule has 0 aromatic heterocycles. The zero-order valence-corrected chi connectivity index (χ0v) is 20.8. The summed E-state index contributed by atoms with van der Waals surface area (Å²) in [4.78, 5) is 39.0. The summed E-state index contributed by atoms with van der Waals surface area (Å²) in [6.45, 7) is 2.80. The Morgan fingerprint density at radius 3 is 2.68 bits per heavy atom. The van der Waals surface area contributed by atoms with Crippen molar-refractivity contribution in [3.8, 4) is 23.0 Å². The molecule has 1 saturated heterocycles. The number of rotatable bonds is 7. The normalized spacial score (nSPS) is 16.1. The first kappa shape index (κ1) is 24.0. The Morgan fingerprint density at radius 2 is 1.94 bits per heavy atom. The number of nitrogens with zero attached hydrogens (tertiary/aromatic N) is 1. The van der Waals surface area contributed by atoms with Gasteiger partial charge in [0, 0.05) is 16.2 Å². The minimum Gasteiger partial charge on any atom is -0.493 e. The molecule has 2 aliphatic rings. The van der Waals surface area contributed by atoms with E-state index in [0.717, 1.165) is 16.7 Å². The molecular formula is C23H21BrN2O7S. The number of halogens is 1. The zero-order chi connectivity index (χ0) is 24.2. The lowest BCUT2D eigenvalue weighted by atomic mass is 10.2. The third kappa shape index (κ3) is 5.15. The second-order valence-corrected chi connectivity index (χ2v) is 8.98. The number of amides is 3. The van der Waals surface area contributed by atoms with Crippen LogP contribution in [0.3, 0.4) is 0 Å². The molecule has 0 spiro atoms. The van der Waals surface area contributed by atoms with Gasteiger partial charge in [-0.05, 0) is 54.6 Å². The maximum atomic E-state index is 12.9. The third-order valence-electron chi connectivity index (χ3n) is 4.87. The first-order valence-electron chi connectivity index (χ1n) is 10.3. The average Bonchev–Trinajstić information content (AvgIpc) is 3.08. The van der Waals surface area contributed by atoms with Crippen LogP contribution in [0.25, 0.3) is 6.08 Å². The van der Waals surface area contributed by atoms with Crippen molar-refractivity contribution >= 4 is 56.5 Å². The zero-order valence-electron chi connectivity index (χ0n) is 18.4. The van der Waals surface area contributed by atoms with Crippen LogP contribution in [0.2, 0.25) is 0 Å². The SMILES string of the molecule is CCOc1cc(Br)c(/C=C2\SC(=O)N(CC(=O)Nc3ccc4c(c3)OCCO4)C2=O)cc1OC. The molecule has 1 N–H and O–H groups in total. The van der Waals surface area contributed by atoms with Gasteiger partial charge in [-0.3, -0.25) is 19.3 Å². The molecular weight excluding hydrogens is 528 g/mol. The van der Waals surface area contributed by atoms with Crippen molar-refractivity contribution in [2.75, 3.05) is 38.8 Å². The Bertz CT molecular complexity index is 1180. The third-order valence-corrected chi connectivity index (χ3v) is 6.46. The van der Waals surface area contributed by atoms with E-state index in [-0.39, 0.29) is 4.91 Å². The van der Waals surface area contributed by atoms with Gasteiger partial charge < -0.3 is 24.3 Å². The lowest BCUT2D eigenvalue weighted by Gasteiger charge is -2.19. The van der Waals surface area contributed by atoms with E-state index in [1.165, 1.54) is 7.11 Å². The van der Waals surface area contributed by atoms with Crippen LogP contribution in [-0.2, 0) is 9.59 Å². The highest BCUT2D eigenvalue weighted by Gasteiger charge is 2.36. The molecule has 11 heteroatoms. The molecule has 3 amide bonds. The van der Waals surface area contributed by atoms with E-state index in [9.17, 15) is 14.4 Å². The second kappa shape index (κ2) is 10.4. The number of thioether (sulfide) groups is 1. The predicted molar refractivity (Wildman–Crippen MR) is 131 cm³/mol. The van der Waals surface area contributed by atoms with Crippen molar-refractivity contribution in [2.45, 2.75) is 6.92 Å². The highest BCUT2D eigenvalue weighted by molar-refractivity contribution is 9.10. The van der Waals surface area contributed by atoms with Crippen molar-refractivity contribution in [1.29, 1.82) is 0 Å². The summed E-state index contributed by atoms with van der Waals surface area (Å²) in [6.07, 6.45) is 1.58. The number of imide groups is 1. The number of benzene rings is 2. The molecule has 178 valence electrons. The van der Waals surface area contributed by atoms with Gasteiger partial charge in [-0.15, -0.1) is 0 Å². The molecule has 2 aliphatic heterocycles. The van der Waals surface area contributed by atoms with E-state index in [0.29, 0.717) is 58.5 Å². The molecule has 0 saturated carbocycles. The smallest absolute Gasteiger partial charge is 0.294 e. The summed E-state index contributed by atoms with van der Waals surface area (Å²) in [5.41, 5.74) is 1.11. The molecule has 2 heterocycles. The first-order chi connectivity index (χ1) is 16.4. The number of carbonyl (C=O) groups is 3. The Hall–Kier alpha value is -3.18. The fraction of sp³-hybridized carbons (Fsp3) is 0.261. The van der Waals surface area contributed by atoms with Crippen molar-refractivity contribution in [3.05, 3.63) is 45.3 Å². The van der Waals surface area contributed by atoms with E-state index in [1.54, 1.807) is 36.4 Å². The fourth-order valence-electron chi connectivity index (χ4n) is 3.33. The molecule has 0 radical (unpaired) electrons. The number of hydrogen-bond donors (Lipinski definition) is 1. The average molecular weight is 549 g/mol. The van der Waals surface area contributed by atoms with Gasteiger partial charge in [0.15, 0.2) is 23.0 Å². The number of methoxy groups -OCH3 is 1. The number of fused-ring (bicyclic) bond motifs is 1. The van der Waals surface area contributed by atoms with Gasteiger partial charge in [-0.1, -0.05) is 15.9 Å². The quantitative estimate of drug-likeness (QED) is 0.510. The van der Waals surface area contributed by atoms with Crippen LogP contribution in [0, 0.1) is 0 Å². The molecule has 0 bridgehead atoms. The Labute approximate surface area is 208 Å². The van der Waals surface area contributed by atoms with Crippen LogP contribution in [0.15, 0.2) is 39.7 Å². The van der Waals surface area contributed by atoms with E-state index in [2.05, 4.69) is 21.2 Å². The highest BCUT2D eigenvalue weighted by Crippen LogP contribution is 2.38. The van der Waals surface area contributed by atoms with Gasteiger partial charge in [0.2, 0.25) is 5.91 Å². The summed E-state index contributed by atoms with van der Waals surface area (Å²) >= 11 is 4.23. The van der Waals surface area contributed by atoms with E-state index < -0.39 is 23.6 Å². The summed E-state index contributed by atoms with van der Waals surface area (Å²) in [6, 6.07) is 8.43. The second-order valence-electron chi connectivity index (χ2n) is 7.13. The Kier molecular flexibility index (Phi) is 7.32. The Balaban J connectivity index is 1.46.